The molecule has 2 N–H and O–H groups in total. The minimum Gasteiger partial charge on any atom is -0.327 e. The van der Waals surface area contributed by atoms with Crippen molar-refractivity contribution in [2.45, 2.75) is 13.1 Å². The van der Waals surface area contributed by atoms with Crippen molar-refractivity contribution >= 4 is 0 Å². The van der Waals surface area contributed by atoms with E-state index < -0.39 is 6.17 Å². The lowest BCUT2D eigenvalue weighted by atomic mass is 10.3. The summed E-state index contributed by atoms with van der Waals surface area (Å²) in [7, 11) is 0. The van der Waals surface area contributed by atoms with Gasteiger partial charge in [-0.05, 0) is 6.92 Å². The van der Waals surface area contributed by atoms with E-state index in [4.69, 9.17) is 5.73 Å². The Morgan fingerprint density at radius 3 is 2.73 bits per heavy atom. The van der Waals surface area contributed by atoms with Crippen LogP contribution in [0.25, 0.3) is 0 Å². The monoisotopic (exact) mass is 155 g/mol. The van der Waals surface area contributed by atoms with Crippen molar-refractivity contribution in [3.8, 4) is 0 Å². The summed E-state index contributed by atoms with van der Waals surface area (Å²) < 4.78 is 12.8. The summed E-state index contributed by atoms with van der Waals surface area (Å²) in [6.45, 7) is 1.75. The number of nitrogens with two attached hydrogens (primary N) is 1. The van der Waals surface area contributed by atoms with Crippen LogP contribution in [0.15, 0.2) is 12.4 Å². The summed E-state index contributed by atoms with van der Waals surface area (Å²) in [6.07, 6.45) is 1.74. The maximum atomic E-state index is 12.8. The molecule has 0 radical (unpaired) electrons. The van der Waals surface area contributed by atoms with Gasteiger partial charge in [0.05, 0.1) is 17.6 Å². The van der Waals surface area contributed by atoms with Crippen LogP contribution < -0.4 is 5.73 Å². The minimum atomic E-state index is -1.19. The molecule has 0 aliphatic carbocycles. The van der Waals surface area contributed by atoms with Gasteiger partial charge in [-0.25, -0.2) is 4.39 Å². The topological polar surface area (TPSA) is 51.8 Å². The van der Waals surface area contributed by atoms with Gasteiger partial charge in [-0.3, -0.25) is 9.97 Å². The van der Waals surface area contributed by atoms with Crippen LogP contribution in [0.3, 0.4) is 0 Å². The van der Waals surface area contributed by atoms with Gasteiger partial charge in [-0.1, -0.05) is 0 Å². The Hall–Kier alpha value is -1.03. The van der Waals surface area contributed by atoms with E-state index in [0.717, 1.165) is 5.69 Å². The fraction of sp³-hybridized carbons (Fsp3) is 0.429. The molecule has 60 valence electrons. The normalized spacial score (nSPS) is 13.0. The second kappa shape index (κ2) is 3.39. The zero-order chi connectivity index (χ0) is 8.27. The van der Waals surface area contributed by atoms with Gasteiger partial charge in [0.2, 0.25) is 0 Å². The number of aromatic nitrogens is 2. The van der Waals surface area contributed by atoms with Crippen molar-refractivity contribution in [2.75, 3.05) is 6.54 Å². The van der Waals surface area contributed by atoms with E-state index in [1.165, 1.54) is 12.4 Å². The molecule has 0 fully saturated rings. The second-order valence-electron chi connectivity index (χ2n) is 2.29. The molecule has 1 aromatic heterocycles. The Kier molecular flexibility index (Phi) is 2.48. The number of alkyl halides is 1. The van der Waals surface area contributed by atoms with Crippen molar-refractivity contribution in [1.29, 1.82) is 0 Å². The fourth-order valence-electron chi connectivity index (χ4n) is 0.685. The molecule has 1 heterocycles. The maximum Gasteiger partial charge on any atom is 0.156 e. The number of hydrogen-bond acceptors (Lipinski definition) is 3. The van der Waals surface area contributed by atoms with Crippen LogP contribution in [0.1, 0.15) is 17.6 Å². The first kappa shape index (κ1) is 8.07. The Labute approximate surface area is 64.5 Å². The fourth-order valence-corrected chi connectivity index (χ4v) is 0.685. The summed E-state index contributed by atoms with van der Waals surface area (Å²) in [5, 5.41) is 0. The van der Waals surface area contributed by atoms with Crippen molar-refractivity contribution < 1.29 is 4.39 Å². The van der Waals surface area contributed by atoms with Gasteiger partial charge in [-0.15, -0.1) is 0 Å². The van der Waals surface area contributed by atoms with Crippen molar-refractivity contribution in [3.05, 3.63) is 23.8 Å². The average molecular weight is 155 g/mol. The quantitative estimate of drug-likeness (QED) is 0.685. The zero-order valence-corrected chi connectivity index (χ0v) is 6.29. The van der Waals surface area contributed by atoms with Crippen molar-refractivity contribution in [1.82, 2.24) is 9.97 Å². The summed E-state index contributed by atoms with van der Waals surface area (Å²) >= 11 is 0. The smallest absolute Gasteiger partial charge is 0.156 e. The number of halogens is 1. The third-order valence-electron chi connectivity index (χ3n) is 1.33. The van der Waals surface area contributed by atoms with E-state index in [1.54, 1.807) is 6.92 Å². The van der Waals surface area contributed by atoms with Gasteiger partial charge in [-0.2, -0.15) is 0 Å². The highest BCUT2D eigenvalue weighted by Gasteiger charge is 2.07. The van der Waals surface area contributed by atoms with E-state index in [0.29, 0.717) is 5.69 Å². The van der Waals surface area contributed by atoms with Gasteiger partial charge in [0.25, 0.3) is 0 Å². The number of rotatable bonds is 2. The van der Waals surface area contributed by atoms with Crippen LogP contribution in [-0.2, 0) is 0 Å². The Morgan fingerprint density at radius 2 is 2.27 bits per heavy atom. The number of aryl methyl sites for hydroxylation is 1. The van der Waals surface area contributed by atoms with Crippen molar-refractivity contribution in [2.24, 2.45) is 5.73 Å². The molecule has 0 aromatic carbocycles. The molecule has 1 atom stereocenters. The van der Waals surface area contributed by atoms with E-state index in [2.05, 4.69) is 9.97 Å². The standard InChI is InChI=1S/C7H10FN3/c1-5-3-11-7(4-10-5)6(8)2-9/h3-4,6H,2,9H2,1H3. The van der Waals surface area contributed by atoms with Crippen LogP contribution >= 0.6 is 0 Å². The van der Waals surface area contributed by atoms with Crippen LogP contribution in [-0.4, -0.2) is 16.5 Å². The van der Waals surface area contributed by atoms with Gasteiger partial charge in [0.1, 0.15) is 0 Å². The molecule has 0 aliphatic rings. The molecule has 0 amide bonds. The molecule has 1 rings (SSSR count). The van der Waals surface area contributed by atoms with E-state index in [1.807, 2.05) is 0 Å². The third kappa shape index (κ3) is 1.94. The highest BCUT2D eigenvalue weighted by atomic mass is 19.1. The molecular formula is C7H10FN3. The first-order valence-electron chi connectivity index (χ1n) is 3.36. The molecule has 0 saturated carbocycles. The maximum absolute atomic E-state index is 12.8. The molecule has 1 aromatic rings. The molecule has 4 heteroatoms. The van der Waals surface area contributed by atoms with Crippen LogP contribution in [0.2, 0.25) is 0 Å². The Bertz CT molecular complexity index is 222. The highest BCUT2D eigenvalue weighted by Crippen LogP contribution is 2.10. The molecule has 0 bridgehead atoms. The minimum absolute atomic E-state index is 0.0439. The molecule has 11 heavy (non-hydrogen) atoms. The summed E-state index contributed by atoms with van der Waals surface area (Å²) in [6, 6.07) is 0. The van der Waals surface area contributed by atoms with Gasteiger partial charge >= 0.3 is 0 Å². The SMILES string of the molecule is Cc1cnc(C(F)CN)cn1. The van der Waals surface area contributed by atoms with Gasteiger partial charge in [0, 0.05) is 12.7 Å². The summed E-state index contributed by atoms with van der Waals surface area (Å²) in [4.78, 5) is 7.72. The largest absolute Gasteiger partial charge is 0.327 e. The molecular weight excluding hydrogens is 145 g/mol. The zero-order valence-electron chi connectivity index (χ0n) is 6.29. The molecule has 0 saturated heterocycles. The predicted molar refractivity (Wildman–Crippen MR) is 39.7 cm³/mol. The van der Waals surface area contributed by atoms with Gasteiger partial charge in [0.15, 0.2) is 6.17 Å². The lowest BCUT2D eigenvalue weighted by Crippen LogP contribution is -2.09. The molecule has 0 spiro atoms. The first-order valence-corrected chi connectivity index (χ1v) is 3.36. The van der Waals surface area contributed by atoms with Crippen LogP contribution in [0.4, 0.5) is 4.39 Å². The van der Waals surface area contributed by atoms with Crippen LogP contribution in [0.5, 0.6) is 0 Å². The Morgan fingerprint density at radius 1 is 1.55 bits per heavy atom. The van der Waals surface area contributed by atoms with E-state index in [9.17, 15) is 4.39 Å². The molecule has 0 aliphatic heterocycles. The predicted octanol–water partition coefficient (Wildman–Crippen LogP) is 0.754. The van der Waals surface area contributed by atoms with Crippen molar-refractivity contribution in [3.63, 3.8) is 0 Å². The third-order valence-corrected chi connectivity index (χ3v) is 1.33. The van der Waals surface area contributed by atoms with E-state index in [-0.39, 0.29) is 6.54 Å². The van der Waals surface area contributed by atoms with Crippen LogP contribution in [0, 0.1) is 6.92 Å². The lowest BCUT2D eigenvalue weighted by Gasteiger charge is -2.02. The number of nitrogens with zero attached hydrogens (tertiary/aromatic N) is 2. The first-order chi connectivity index (χ1) is 5.24. The lowest BCUT2D eigenvalue weighted by molar-refractivity contribution is 0.344. The van der Waals surface area contributed by atoms with Gasteiger partial charge < -0.3 is 5.73 Å². The average Bonchev–Trinajstić information content (AvgIpc) is 2.05. The highest BCUT2D eigenvalue weighted by molar-refractivity contribution is 5.03. The summed E-state index contributed by atoms with van der Waals surface area (Å²) in [5.41, 5.74) is 6.18. The van der Waals surface area contributed by atoms with E-state index >= 15 is 0 Å². The second-order valence-corrected chi connectivity index (χ2v) is 2.29. The Balaban J connectivity index is 2.81. The summed E-state index contributed by atoms with van der Waals surface area (Å²) in [5.74, 6) is 0. The molecule has 3 nitrogen and oxygen atoms in total. The number of hydrogen-bond donors (Lipinski definition) is 1. The molecule has 1 unspecified atom stereocenters.